The zero-order valence-corrected chi connectivity index (χ0v) is 14.7. The Balaban J connectivity index is 1.80. The van der Waals surface area contributed by atoms with Crippen LogP contribution in [0.5, 0.6) is 11.5 Å². The molecule has 1 amide bonds. The molecule has 27 heavy (non-hydrogen) atoms. The summed E-state index contributed by atoms with van der Waals surface area (Å²) in [6.07, 6.45) is 2.46. The van der Waals surface area contributed by atoms with Crippen LogP contribution in [0.1, 0.15) is 26.5 Å². The summed E-state index contributed by atoms with van der Waals surface area (Å²) in [6.45, 7) is 0.0241. The Labute approximate surface area is 159 Å². The minimum Gasteiger partial charge on any atom is -0.476 e. The predicted molar refractivity (Wildman–Crippen MR) is 98.1 cm³/mol. The number of carboxylic acid groups (broad SMARTS) is 1. The number of aromatic carboxylic acids is 1. The van der Waals surface area contributed by atoms with Gasteiger partial charge in [0.05, 0.1) is 0 Å². The molecule has 0 aliphatic carbocycles. The normalized spacial score (nSPS) is 10.3. The number of ether oxygens (including phenoxy) is 1. The maximum atomic E-state index is 12.4. The fourth-order valence-corrected chi connectivity index (χ4v) is 2.57. The molecule has 3 rings (SSSR count). The number of rotatable bonds is 6. The van der Waals surface area contributed by atoms with Crippen molar-refractivity contribution >= 4 is 23.5 Å². The van der Waals surface area contributed by atoms with Crippen molar-refractivity contribution in [3.05, 3.63) is 82.9 Å². The van der Waals surface area contributed by atoms with E-state index in [1.165, 1.54) is 12.4 Å². The number of halogens is 1. The molecule has 0 bridgehead atoms. The predicted octanol–water partition coefficient (Wildman–Crippen LogP) is 3.55. The Kier molecular flexibility index (Phi) is 5.63. The van der Waals surface area contributed by atoms with Gasteiger partial charge in [0.2, 0.25) is 0 Å². The van der Waals surface area contributed by atoms with Crippen LogP contribution < -0.4 is 10.1 Å². The van der Waals surface area contributed by atoms with E-state index >= 15 is 0 Å². The molecule has 2 aromatic carbocycles. The quantitative estimate of drug-likeness (QED) is 0.675. The molecule has 0 radical (unpaired) electrons. The van der Waals surface area contributed by atoms with Crippen LogP contribution in [0.25, 0.3) is 0 Å². The Morgan fingerprint density at radius 1 is 1.00 bits per heavy atom. The van der Waals surface area contributed by atoms with E-state index in [2.05, 4.69) is 15.3 Å². The second-order valence-electron chi connectivity index (χ2n) is 5.37. The lowest BCUT2D eigenvalue weighted by molar-refractivity contribution is 0.0683. The molecular formula is C19H14ClN3O4. The van der Waals surface area contributed by atoms with Crippen molar-refractivity contribution in [3.63, 3.8) is 0 Å². The van der Waals surface area contributed by atoms with Crippen LogP contribution in [0.4, 0.5) is 0 Å². The minimum atomic E-state index is -1.33. The van der Waals surface area contributed by atoms with Gasteiger partial charge in [-0.2, -0.15) is 0 Å². The van der Waals surface area contributed by atoms with E-state index in [1.807, 2.05) is 18.2 Å². The van der Waals surface area contributed by atoms with Gasteiger partial charge in [-0.3, -0.25) is 4.79 Å². The van der Waals surface area contributed by atoms with Crippen molar-refractivity contribution in [2.24, 2.45) is 0 Å². The first kappa shape index (κ1) is 18.3. The molecule has 8 heteroatoms. The number of nitrogens with one attached hydrogen (secondary N) is 1. The number of amides is 1. The highest BCUT2D eigenvalue weighted by atomic mass is 35.5. The molecule has 1 heterocycles. The fourth-order valence-electron chi connectivity index (χ4n) is 2.33. The SMILES string of the molecule is O=C(O)c1nccnc1C(=O)NCc1c(Cl)cccc1Oc1ccccc1. The van der Waals surface area contributed by atoms with Gasteiger partial charge in [-0.1, -0.05) is 35.9 Å². The number of carbonyl (C=O) groups excluding carboxylic acids is 1. The van der Waals surface area contributed by atoms with Crippen molar-refractivity contribution in [3.8, 4) is 11.5 Å². The molecule has 1 aromatic heterocycles. The monoisotopic (exact) mass is 383 g/mol. The van der Waals surface area contributed by atoms with Gasteiger partial charge in [-0.15, -0.1) is 0 Å². The molecule has 0 saturated heterocycles. The van der Waals surface area contributed by atoms with Gasteiger partial charge in [0.25, 0.3) is 5.91 Å². The van der Waals surface area contributed by atoms with Crippen molar-refractivity contribution < 1.29 is 19.4 Å². The van der Waals surface area contributed by atoms with Crippen LogP contribution in [0.3, 0.4) is 0 Å². The third-order valence-corrected chi connectivity index (χ3v) is 3.94. The van der Waals surface area contributed by atoms with Crippen molar-refractivity contribution in [2.75, 3.05) is 0 Å². The molecule has 0 unspecified atom stereocenters. The zero-order valence-electron chi connectivity index (χ0n) is 13.9. The van der Waals surface area contributed by atoms with Gasteiger partial charge < -0.3 is 15.2 Å². The lowest BCUT2D eigenvalue weighted by Gasteiger charge is -2.13. The fraction of sp³-hybridized carbons (Fsp3) is 0.0526. The molecule has 3 aromatic rings. The van der Waals surface area contributed by atoms with Crippen LogP contribution in [-0.4, -0.2) is 27.0 Å². The van der Waals surface area contributed by atoms with Crippen molar-refractivity contribution in [1.29, 1.82) is 0 Å². The first-order valence-corrected chi connectivity index (χ1v) is 8.27. The summed E-state index contributed by atoms with van der Waals surface area (Å²) in [5, 5.41) is 12.1. The van der Waals surface area contributed by atoms with Crippen LogP contribution in [0.15, 0.2) is 60.9 Å². The second kappa shape index (κ2) is 8.29. The summed E-state index contributed by atoms with van der Waals surface area (Å²) < 4.78 is 5.83. The van der Waals surface area contributed by atoms with Gasteiger partial charge >= 0.3 is 5.97 Å². The Bertz CT molecular complexity index is 980. The molecule has 0 fully saturated rings. The third-order valence-electron chi connectivity index (χ3n) is 3.59. The highest BCUT2D eigenvalue weighted by molar-refractivity contribution is 6.31. The van der Waals surface area contributed by atoms with Crippen LogP contribution in [-0.2, 0) is 6.54 Å². The number of carbonyl (C=O) groups is 2. The van der Waals surface area contributed by atoms with E-state index in [9.17, 15) is 9.59 Å². The van der Waals surface area contributed by atoms with E-state index in [0.29, 0.717) is 22.1 Å². The Hall–Kier alpha value is -3.45. The van der Waals surface area contributed by atoms with Crippen LogP contribution in [0.2, 0.25) is 5.02 Å². The molecule has 7 nitrogen and oxygen atoms in total. The van der Waals surface area contributed by atoms with Crippen molar-refractivity contribution in [1.82, 2.24) is 15.3 Å². The highest BCUT2D eigenvalue weighted by Crippen LogP contribution is 2.30. The highest BCUT2D eigenvalue weighted by Gasteiger charge is 2.20. The largest absolute Gasteiger partial charge is 0.476 e. The second-order valence-corrected chi connectivity index (χ2v) is 5.78. The maximum absolute atomic E-state index is 12.4. The number of aromatic nitrogens is 2. The minimum absolute atomic E-state index is 0.0241. The third kappa shape index (κ3) is 4.39. The van der Waals surface area contributed by atoms with Gasteiger partial charge in [-0.05, 0) is 24.3 Å². The molecular weight excluding hydrogens is 370 g/mol. The zero-order chi connectivity index (χ0) is 19.2. The number of benzene rings is 2. The number of nitrogens with zero attached hydrogens (tertiary/aromatic N) is 2. The molecule has 2 N–H and O–H groups in total. The van der Waals surface area contributed by atoms with E-state index in [-0.39, 0.29) is 12.2 Å². The van der Waals surface area contributed by atoms with Crippen LogP contribution >= 0.6 is 11.6 Å². The van der Waals surface area contributed by atoms with Crippen molar-refractivity contribution in [2.45, 2.75) is 6.54 Å². The molecule has 0 saturated carbocycles. The lowest BCUT2D eigenvalue weighted by Crippen LogP contribution is -2.27. The summed E-state index contributed by atoms with van der Waals surface area (Å²) in [5.74, 6) is -0.911. The van der Waals surface area contributed by atoms with E-state index < -0.39 is 17.6 Å². The first-order valence-electron chi connectivity index (χ1n) is 7.89. The number of carboxylic acids is 1. The van der Waals surface area contributed by atoms with Gasteiger partial charge in [-0.25, -0.2) is 14.8 Å². The topological polar surface area (TPSA) is 101 Å². The molecule has 0 aliphatic rings. The first-order chi connectivity index (χ1) is 13.1. The molecule has 0 spiro atoms. The van der Waals surface area contributed by atoms with E-state index in [4.69, 9.17) is 21.4 Å². The molecule has 0 aliphatic heterocycles. The number of hydrogen-bond acceptors (Lipinski definition) is 5. The maximum Gasteiger partial charge on any atom is 0.356 e. The molecule has 136 valence electrons. The summed E-state index contributed by atoms with van der Waals surface area (Å²) in [5.41, 5.74) is -0.144. The van der Waals surface area contributed by atoms with Crippen LogP contribution in [0, 0.1) is 0 Å². The summed E-state index contributed by atoms with van der Waals surface area (Å²) >= 11 is 6.25. The summed E-state index contributed by atoms with van der Waals surface area (Å²) in [6, 6.07) is 14.3. The number of para-hydroxylation sites is 1. The summed E-state index contributed by atoms with van der Waals surface area (Å²) in [7, 11) is 0. The lowest BCUT2D eigenvalue weighted by atomic mass is 10.2. The average Bonchev–Trinajstić information content (AvgIpc) is 2.68. The Morgan fingerprint density at radius 2 is 1.70 bits per heavy atom. The van der Waals surface area contributed by atoms with Gasteiger partial charge in [0.1, 0.15) is 11.5 Å². The van der Waals surface area contributed by atoms with Gasteiger partial charge in [0, 0.05) is 29.5 Å². The van der Waals surface area contributed by atoms with E-state index in [1.54, 1.807) is 30.3 Å². The average molecular weight is 384 g/mol. The van der Waals surface area contributed by atoms with Gasteiger partial charge in [0.15, 0.2) is 11.4 Å². The number of hydrogen-bond donors (Lipinski definition) is 2. The summed E-state index contributed by atoms with van der Waals surface area (Å²) in [4.78, 5) is 31.0. The van der Waals surface area contributed by atoms with E-state index in [0.717, 1.165) is 0 Å². The Morgan fingerprint density at radius 3 is 2.41 bits per heavy atom. The standard InChI is InChI=1S/C19H14ClN3O4/c20-14-7-4-8-15(27-12-5-2-1-3-6-12)13(14)11-23-18(24)16-17(19(25)26)22-10-9-21-16/h1-10H,11H2,(H,23,24)(H,25,26). The smallest absolute Gasteiger partial charge is 0.356 e. The molecule has 0 atom stereocenters.